The molecule has 0 saturated carbocycles. The zero-order chi connectivity index (χ0) is 13.9. The summed E-state index contributed by atoms with van der Waals surface area (Å²) in [6.07, 6.45) is 11.8. The number of thioether (sulfide) groups is 1. The van der Waals surface area contributed by atoms with E-state index in [0.29, 0.717) is 5.56 Å². The molecule has 1 aromatic heterocycles. The van der Waals surface area contributed by atoms with Crippen LogP contribution in [0.1, 0.15) is 55.8 Å². The van der Waals surface area contributed by atoms with Crippen LogP contribution in [0, 0.1) is 0 Å². The highest BCUT2D eigenvalue weighted by molar-refractivity contribution is 7.98. The Kier molecular flexibility index (Phi) is 8.30. The molecule has 0 saturated heterocycles. The molecule has 0 bridgehead atoms. The van der Waals surface area contributed by atoms with Gasteiger partial charge in [0.1, 0.15) is 5.56 Å². The molecule has 0 radical (unpaired) electrons. The number of unbranched alkanes of at least 4 members (excludes halogenated alkanes) is 5. The molecule has 3 nitrogen and oxygen atoms in total. The molecule has 1 heterocycles. The molecule has 2 N–H and O–H groups in total. The first-order chi connectivity index (χ1) is 9.24. The van der Waals surface area contributed by atoms with Crippen LogP contribution in [0.3, 0.4) is 0 Å². The molecule has 1 rings (SSSR count). The molecular formula is C15H25N2OS+. The van der Waals surface area contributed by atoms with Crippen molar-refractivity contribution in [2.75, 3.05) is 5.75 Å². The highest BCUT2D eigenvalue weighted by Gasteiger charge is 2.06. The normalized spacial score (nSPS) is 10.6. The predicted octanol–water partition coefficient (Wildman–Crippen LogP) is 3.12. The van der Waals surface area contributed by atoms with E-state index in [1.807, 2.05) is 34.8 Å². The highest BCUT2D eigenvalue weighted by Crippen LogP contribution is 2.09. The maximum Gasteiger partial charge on any atom is 0.254 e. The van der Waals surface area contributed by atoms with Crippen molar-refractivity contribution in [3.8, 4) is 0 Å². The van der Waals surface area contributed by atoms with Crippen LogP contribution in [-0.4, -0.2) is 11.7 Å². The van der Waals surface area contributed by atoms with Crippen molar-refractivity contribution in [1.82, 2.24) is 0 Å². The molecule has 0 unspecified atom stereocenters. The molecule has 19 heavy (non-hydrogen) atoms. The minimum absolute atomic E-state index is 0.365. The van der Waals surface area contributed by atoms with Crippen LogP contribution in [0.5, 0.6) is 0 Å². The Morgan fingerprint density at radius 3 is 2.74 bits per heavy atom. The quantitative estimate of drug-likeness (QED) is 0.529. The third-order valence-corrected chi connectivity index (χ3v) is 4.08. The summed E-state index contributed by atoms with van der Waals surface area (Å²) in [4.78, 5) is 11.1. The Hall–Kier alpha value is -1.03. The lowest BCUT2D eigenvalue weighted by Gasteiger charge is -2.00. The van der Waals surface area contributed by atoms with Gasteiger partial charge >= 0.3 is 0 Å². The second-order valence-electron chi connectivity index (χ2n) is 4.78. The van der Waals surface area contributed by atoms with Crippen molar-refractivity contribution in [2.45, 2.75) is 51.3 Å². The largest absolute Gasteiger partial charge is 0.365 e. The van der Waals surface area contributed by atoms with E-state index in [9.17, 15) is 4.79 Å². The van der Waals surface area contributed by atoms with Crippen LogP contribution in [0.25, 0.3) is 0 Å². The second kappa shape index (κ2) is 9.84. The van der Waals surface area contributed by atoms with Gasteiger partial charge in [-0.2, -0.15) is 4.57 Å². The maximum atomic E-state index is 11.1. The van der Waals surface area contributed by atoms with Crippen molar-refractivity contribution in [2.24, 2.45) is 5.73 Å². The minimum atomic E-state index is -0.365. The molecule has 0 aromatic carbocycles. The maximum absolute atomic E-state index is 11.1. The number of rotatable bonds is 10. The SMILES string of the molecule is CCCCCCCCSC[n+]1cccc(C(N)=O)c1. The van der Waals surface area contributed by atoms with Gasteiger partial charge in [-0.05, 0) is 18.2 Å². The van der Waals surface area contributed by atoms with Crippen molar-refractivity contribution in [3.05, 3.63) is 30.1 Å². The smallest absolute Gasteiger partial charge is 0.254 e. The van der Waals surface area contributed by atoms with E-state index < -0.39 is 0 Å². The summed E-state index contributed by atoms with van der Waals surface area (Å²) in [7, 11) is 0. The molecule has 0 atom stereocenters. The number of carbonyl (C=O) groups excluding carboxylic acids is 1. The number of aromatic nitrogens is 1. The Morgan fingerprint density at radius 1 is 1.26 bits per heavy atom. The fourth-order valence-corrected chi connectivity index (χ4v) is 2.81. The fraction of sp³-hybridized carbons (Fsp3) is 0.600. The third kappa shape index (κ3) is 7.21. The Morgan fingerprint density at radius 2 is 2.00 bits per heavy atom. The lowest BCUT2D eigenvalue weighted by Crippen LogP contribution is -2.33. The van der Waals surface area contributed by atoms with Crippen LogP contribution in [0.15, 0.2) is 24.5 Å². The summed E-state index contributed by atoms with van der Waals surface area (Å²) in [5.41, 5.74) is 5.83. The molecular weight excluding hydrogens is 256 g/mol. The van der Waals surface area contributed by atoms with Crippen molar-refractivity contribution < 1.29 is 9.36 Å². The van der Waals surface area contributed by atoms with Gasteiger partial charge in [-0.25, -0.2) is 0 Å². The van der Waals surface area contributed by atoms with Gasteiger partial charge < -0.3 is 5.73 Å². The van der Waals surface area contributed by atoms with Gasteiger partial charge in [0.25, 0.3) is 5.91 Å². The third-order valence-electron chi connectivity index (χ3n) is 3.03. The molecule has 0 aliphatic heterocycles. The Labute approximate surface area is 120 Å². The van der Waals surface area contributed by atoms with Crippen LogP contribution in [0.4, 0.5) is 0 Å². The molecule has 1 amide bonds. The molecule has 0 aliphatic carbocycles. The van der Waals surface area contributed by atoms with Gasteiger partial charge in [0.15, 0.2) is 18.3 Å². The van der Waals surface area contributed by atoms with Crippen LogP contribution >= 0.6 is 11.8 Å². The summed E-state index contributed by atoms with van der Waals surface area (Å²) in [5.74, 6) is 1.70. The van der Waals surface area contributed by atoms with E-state index in [2.05, 4.69) is 6.92 Å². The summed E-state index contributed by atoms with van der Waals surface area (Å²) in [6, 6.07) is 3.61. The van der Waals surface area contributed by atoms with E-state index >= 15 is 0 Å². The van der Waals surface area contributed by atoms with Gasteiger partial charge in [0.05, 0.1) is 0 Å². The lowest BCUT2D eigenvalue weighted by molar-refractivity contribution is -0.676. The predicted molar refractivity (Wildman–Crippen MR) is 81.0 cm³/mol. The molecule has 0 fully saturated rings. The fourth-order valence-electron chi connectivity index (χ4n) is 1.90. The van der Waals surface area contributed by atoms with Crippen molar-refractivity contribution >= 4 is 17.7 Å². The first-order valence-corrected chi connectivity index (χ1v) is 8.26. The first kappa shape index (κ1) is 16.0. The van der Waals surface area contributed by atoms with Gasteiger partial charge in [-0.1, -0.05) is 50.8 Å². The molecule has 0 spiro atoms. The monoisotopic (exact) mass is 281 g/mol. The molecule has 4 heteroatoms. The Bertz CT molecular complexity index is 382. The number of nitrogens with two attached hydrogens (primary N) is 1. The second-order valence-corrected chi connectivity index (χ2v) is 5.85. The number of hydrogen-bond donors (Lipinski definition) is 1. The number of hydrogen-bond acceptors (Lipinski definition) is 2. The van der Waals surface area contributed by atoms with E-state index in [1.54, 1.807) is 6.07 Å². The average Bonchev–Trinajstić information content (AvgIpc) is 2.42. The number of amides is 1. The summed E-state index contributed by atoms with van der Waals surface area (Å²) >= 11 is 1.90. The number of primary amides is 1. The van der Waals surface area contributed by atoms with E-state index in [4.69, 9.17) is 5.73 Å². The van der Waals surface area contributed by atoms with Gasteiger partial charge in [-0.15, -0.1) is 0 Å². The molecule has 106 valence electrons. The van der Waals surface area contributed by atoms with Crippen molar-refractivity contribution in [3.63, 3.8) is 0 Å². The van der Waals surface area contributed by atoms with Gasteiger partial charge in [-0.3, -0.25) is 4.79 Å². The minimum Gasteiger partial charge on any atom is -0.365 e. The first-order valence-electron chi connectivity index (χ1n) is 7.10. The summed E-state index contributed by atoms with van der Waals surface area (Å²) in [5, 5.41) is 0. The molecule has 1 aromatic rings. The highest BCUT2D eigenvalue weighted by atomic mass is 32.2. The standard InChI is InChI=1S/C15H24N2OS/c1-2-3-4-5-6-7-11-19-13-17-10-8-9-14(12-17)15(16)18/h8-10,12H,2-7,11,13H2,1H3,(H-,16,18)/p+1. The Balaban J connectivity index is 2.12. The van der Waals surface area contributed by atoms with Gasteiger partial charge in [0, 0.05) is 6.07 Å². The topological polar surface area (TPSA) is 47.0 Å². The van der Waals surface area contributed by atoms with Gasteiger partial charge in [0.2, 0.25) is 0 Å². The lowest BCUT2D eigenvalue weighted by atomic mass is 10.1. The number of carbonyl (C=O) groups is 1. The van der Waals surface area contributed by atoms with Crippen LogP contribution < -0.4 is 10.3 Å². The van der Waals surface area contributed by atoms with E-state index in [0.717, 1.165) is 5.88 Å². The summed E-state index contributed by atoms with van der Waals surface area (Å²) < 4.78 is 2.02. The van der Waals surface area contributed by atoms with E-state index in [-0.39, 0.29) is 5.91 Å². The van der Waals surface area contributed by atoms with E-state index in [1.165, 1.54) is 44.3 Å². The summed E-state index contributed by atoms with van der Waals surface area (Å²) in [6.45, 7) is 2.24. The zero-order valence-electron chi connectivity index (χ0n) is 11.8. The average molecular weight is 281 g/mol. The number of nitrogens with zero attached hydrogens (tertiary/aromatic N) is 1. The molecule has 0 aliphatic rings. The zero-order valence-corrected chi connectivity index (χ0v) is 12.6. The van der Waals surface area contributed by atoms with Crippen LogP contribution in [-0.2, 0) is 5.88 Å². The van der Waals surface area contributed by atoms with Crippen molar-refractivity contribution in [1.29, 1.82) is 0 Å². The number of pyridine rings is 1. The van der Waals surface area contributed by atoms with Crippen LogP contribution in [0.2, 0.25) is 0 Å².